The molecule has 3 N–H and O–H groups in total. The summed E-state index contributed by atoms with van der Waals surface area (Å²) in [4.78, 5) is 34.8. The van der Waals surface area contributed by atoms with Gasteiger partial charge in [-0.1, -0.05) is 12.8 Å². The molecule has 0 spiro atoms. The largest absolute Gasteiger partial charge is 0.480 e. The van der Waals surface area contributed by atoms with Gasteiger partial charge in [-0.05, 0) is 51.4 Å². The molecular weight excluding hydrogens is 296 g/mol. The zero-order valence-electron chi connectivity index (χ0n) is 13.8. The van der Waals surface area contributed by atoms with Crippen molar-refractivity contribution in [3.63, 3.8) is 0 Å². The molecule has 6 nitrogen and oxygen atoms in total. The molecule has 0 aromatic carbocycles. The molecule has 0 aromatic rings. The Kier molecular flexibility index (Phi) is 6.42. The molecule has 0 saturated heterocycles. The quantitative estimate of drug-likeness (QED) is 0.694. The van der Waals surface area contributed by atoms with Crippen molar-refractivity contribution < 1.29 is 19.5 Å². The third-order valence-electron chi connectivity index (χ3n) is 5.14. The number of hydrogen-bond donors (Lipinski definition) is 3. The minimum Gasteiger partial charge on any atom is -0.480 e. The van der Waals surface area contributed by atoms with Crippen LogP contribution in [0.1, 0.15) is 64.7 Å². The van der Waals surface area contributed by atoms with Crippen LogP contribution >= 0.6 is 0 Å². The number of hydrogen-bond acceptors (Lipinski definition) is 3. The molecule has 0 unspecified atom stereocenters. The van der Waals surface area contributed by atoms with E-state index in [1.165, 1.54) is 32.6 Å². The van der Waals surface area contributed by atoms with Crippen LogP contribution in [0.5, 0.6) is 0 Å². The predicted molar refractivity (Wildman–Crippen MR) is 85.7 cm³/mol. The summed E-state index contributed by atoms with van der Waals surface area (Å²) in [5.41, 5.74) is 0. The van der Waals surface area contributed by atoms with Crippen molar-refractivity contribution in [3.05, 3.63) is 0 Å². The number of carboxylic acids is 1. The minimum absolute atomic E-state index is 0.139. The molecule has 0 heterocycles. The van der Waals surface area contributed by atoms with Crippen molar-refractivity contribution in [2.75, 3.05) is 0 Å². The highest BCUT2D eigenvalue weighted by molar-refractivity contribution is 5.84. The Morgan fingerprint density at radius 3 is 2.22 bits per heavy atom. The fourth-order valence-electron chi connectivity index (χ4n) is 3.66. The van der Waals surface area contributed by atoms with Crippen LogP contribution in [0, 0.1) is 11.8 Å². The Morgan fingerprint density at radius 1 is 1.04 bits per heavy atom. The average Bonchev–Trinajstić information content (AvgIpc) is 3.00. The van der Waals surface area contributed by atoms with Crippen molar-refractivity contribution in [3.8, 4) is 0 Å². The number of nitrogens with one attached hydrogen (secondary N) is 2. The van der Waals surface area contributed by atoms with Gasteiger partial charge in [-0.15, -0.1) is 0 Å². The molecule has 0 aromatic heterocycles. The van der Waals surface area contributed by atoms with Crippen molar-refractivity contribution in [2.45, 2.75) is 76.8 Å². The van der Waals surface area contributed by atoms with Crippen LogP contribution in [0.3, 0.4) is 0 Å². The monoisotopic (exact) mass is 324 g/mol. The highest BCUT2D eigenvalue weighted by Gasteiger charge is 2.29. The van der Waals surface area contributed by atoms with Crippen LogP contribution in [0.2, 0.25) is 0 Å². The van der Waals surface area contributed by atoms with Crippen LogP contribution in [-0.4, -0.2) is 35.0 Å². The second-order valence-electron chi connectivity index (χ2n) is 7.04. The molecule has 2 aliphatic rings. The number of carboxylic acid groups (broad SMARTS) is 1. The number of aliphatic carboxylic acids is 1. The van der Waals surface area contributed by atoms with Gasteiger partial charge in [-0.3, -0.25) is 14.4 Å². The first-order valence-corrected chi connectivity index (χ1v) is 8.78. The van der Waals surface area contributed by atoms with E-state index in [1.54, 1.807) is 0 Å². The Labute approximate surface area is 137 Å². The van der Waals surface area contributed by atoms with E-state index < -0.39 is 12.0 Å². The Hall–Kier alpha value is -1.59. The maximum atomic E-state index is 12.0. The first kappa shape index (κ1) is 17.8. The molecule has 23 heavy (non-hydrogen) atoms. The molecule has 2 saturated carbocycles. The molecule has 130 valence electrons. The first-order valence-electron chi connectivity index (χ1n) is 8.78. The minimum atomic E-state index is -1.02. The van der Waals surface area contributed by atoms with Gasteiger partial charge >= 0.3 is 5.97 Å². The van der Waals surface area contributed by atoms with Crippen LogP contribution in [0.4, 0.5) is 0 Å². The van der Waals surface area contributed by atoms with Gasteiger partial charge in [-0.25, -0.2) is 0 Å². The smallest absolute Gasteiger partial charge is 0.325 e. The average molecular weight is 324 g/mol. The Bertz CT molecular complexity index is 438. The van der Waals surface area contributed by atoms with E-state index in [-0.39, 0.29) is 23.8 Å². The maximum absolute atomic E-state index is 12.0. The molecule has 1 atom stereocenters. The normalized spacial score (nSPS) is 26.5. The van der Waals surface area contributed by atoms with Gasteiger partial charge in [0.1, 0.15) is 6.04 Å². The van der Waals surface area contributed by atoms with E-state index >= 15 is 0 Å². The van der Waals surface area contributed by atoms with Crippen molar-refractivity contribution in [1.29, 1.82) is 0 Å². The molecule has 0 aliphatic heterocycles. The van der Waals surface area contributed by atoms with Gasteiger partial charge in [0.15, 0.2) is 0 Å². The van der Waals surface area contributed by atoms with Crippen LogP contribution < -0.4 is 10.6 Å². The lowest BCUT2D eigenvalue weighted by Gasteiger charge is -2.29. The summed E-state index contributed by atoms with van der Waals surface area (Å²) in [5, 5.41) is 14.5. The summed E-state index contributed by atoms with van der Waals surface area (Å²) < 4.78 is 0. The summed E-state index contributed by atoms with van der Waals surface area (Å²) >= 11 is 0. The zero-order valence-corrected chi connectivity index (χ0v) is 13.8. The van der Waals surface area contributed by atoms with E-state index in [1.807, 2.05) is 0 Å². The molecule has 2 rings (SSSR count). The number of rotatable bonds is 6. The van der Waals surface area contributed by atoms with Gasteiger partial charge in [0.05, 0.1) is 0 Å². The summed E-state index contributed by atoms with van der Waals surface area (Å²) in [6, 6.07) is -0.698. The molecule has 2 aliphatic carbocycles. The lowest BCUT2D eigenvalue weighted by atomic mass is 9.85. The van der Waals surface area contributed by atoms with Crippen LogP contribution in [0.25, 0.3) is 0 Å². The zero-order chi connectivity index (χ0) is 16.8. The lowest BCUT2D eigenvalue weighted by Crippen LogP contribution is -2.44. The number of carbonyl (C=O) groups excluding carboxylic acids is 2. The van der Waals surface area contributed by atoms with E-state index in [0.717, 1.165) is 12.8 Å². The SMILES string of the molecule is C[C@@H](NC(=O)C1CCC(NC(=O)CC2CCCC2)CC1)C(=O)O. The highest BCUT2D eigenvalue weighted by Crippen LogP contribution is 2.28. The van der Waals surface area contributed by atoms with Gasteiger partial charge in [0, 0.05) is 18.4 Å². The van der Waals surface area contributed by atoms with Crippen molar-refractivity contribution in [2.24, 2.45) is 11.8 Å². The predicted octanol–water partition coefficient (Wildman–Crippen LogP) is 1.83. The summed E-state index contributed by atoms with van der Waals surface area (Å²) in [5.74, 6) is -0.652. The summed E-state index contributed by atoms with van der Waals surface area (Å²) in [7, 11) is 0. The molecule has 0 radical (unpaired) electrons. The van der Waals surface area contributed by atoms with Crippen LogP contribution in [-0.2, 0) is 14.4 Å². The number of carbonyl (C=O) groups is 3. The molecule has 2 amide bonds. The van der Waals surface area contributed by atoms with Crippen molar-refractivity contribution in [1.82, 2.24) is 10.6 Å². The summed E-state index contributed by atoms with van der Waals surface area (Å²) in [6.07, 6.45) is 8.44. The van der Waals surface area contributed by atoms with Crippen molar-refractivity contribution >= 4 is 17.8 Å². The highest BCUT2D eigenvalue weighted by atomic mass is 16.4. The van der Waals surface area contributed by atoms with E-state index in [0.29, 0.717) is 25.2 Å². The van der Waals surface area contributed by atoms with E-state index in [2.05, 4.69) is 10.6 Å². The second-order valence-corrected chi connectivity index (χ2v) is 7.04. The fraction of sp³-hybridized carbons (Fsp3) is 0.824. The van der Waals surface area contributed by atoms with Gasteiger partial charge in [-0.2, -0.15) is 0 Å². The third-order valence-corrected chi connectivity index (χ3v) is 5.14. The van der Waals surface area contributed by atoms with Gasteiger partial charge in [0.25, 0.3) is 0 Å². The molecular formula is C17H28N2O4. The third kappa shape index (κ3) is 5.52. The molecule has 2 fully saturated rings. The lowest BCUT2D eigenvalue weighted by molar-refractivity contribution is -0.142. The molecule has 6 heteroatoms. The topological polar surface area (TPSA) is 95.5 Å². The Morgan fingerprint density at radius 2 is 1.65 bits per heavy atom. The summed E-state index contributed by atoms with van der Waals surface area (Å²) in [6.45, 7) is 1.47. The maximum Gasteiger partial charge on any atom is 0.325 e. The standard InChI is InChI=1S/C17H28N2O4/c1-11(17(22)23)18-16(21)13-6-8-14(9-7-13)19-15(20)10-12-4-2-3-5-12/h11-14H,2-10H2,1H3,(H,18,21)(H,19,20)(H,22,23)/t11-,13?,14?/m1/s1. The van der Waals surface area contributed by atoms with Gasteiger partial charge in [0.2, 0.25) is 11.8 Å². The van der Waals surface area contributed by atoms with E-state index in [9.17, 15) is 14.4 Å². The number of amides is 2. The van der Waals surface area contributed by atoms with Crippen LogP contribution in [0.15, 0.2) is 0 Å². The van der Waals surface area contributed by atoms with Gasteiger partial charge < -0.3 is 15.7 Å². The molecule has 0 bridgehead atoms. The fourth-order valence-corrected chi connectivity index (χ4v) is 3.66. The first-order chi connectivity index (χ1) is 11.0. The second kappa shape index (κ2) is 8.31. The van der Waals surface area contributed by atoms with E-state index in [4.69, 9.17) is 5.11 Å². The Balaban J connectivity index is 1.67.